The van der Waals surface area contributed by atoms with E-state index in [2.05, 4.69) is 17.2 Å². The highest BCUT2D eigenvalue weighted by molar-refractivity contribution is 7.09. The Balaban J connectivity index is 2.04. The molecule has 0 aliphatic rings. The van der Waals surface area contributed by atoms with E-state index < -0.39 is 0 Å². The van der Waals surface area contributed by atoms with Crippen LogP contribution >= 0.6 is 11.3 Å². The molecule has 0 amide bonds. The van der Waals surface area contributed by atoms with Gasteiger partial charge in [-0.25, -0.2) is 9.37 Å². The molecule has 0 aliphatic carbocycles. The summed E-state index contributed by atoms with van der Waals surface area (Å²) in [7, 11) is 0. The van der Waals surface area contributed by atoms with Crippen LogP contribution < -0.4 is 5.32 Å². The van der Waals surface area contributed by atoms with E-state index in [1.54, 1.807) is 23.5 Å². The highest BCUT2D eigenvalue weighted by Crippen LogP contribution is 2.19. The number of nitrogens with one attached hydrogen (secondary N) is 1. The lowest BCUT2D eigenvalue weighted by atomic mass is 10.0. The molecule has 0 fully saturated rings. The highest BCUT2D eigenvalue weighted by Gasteiger charge is 2.10. The first kappa shape index (κ1) is 13.2. The van der Waals surface area contributed by atoms with Gasteiger partial charge in [-0.2, -0.15) is 0 Å². The summed E-state index contributed by atoms with van der Waals surface area (Å²) in [6.45, 7) is 4.89. The Hall–Kier alpha value is -1.26. The lowest BCUT2D eigenvalue weighted by Crippen LogP contribution is -2.20. The molecule has 96 valence electrons. The molecular formula is C14H17FN2S. The Kier molecular flexibility index (Phi) is 4.44. The number of thiazole rings is 1. The maximum atomic E-state index is 13.2. The van der Waals surface area contributed by atoms with Gasteiger partial charge in [-0.1, -0.05) is 19.1 Å². The second kappa shape index (κ2) is 6.07. The fraction of sp³-hybridized carbons (Fsp3) is 0.357. The van der Waals surface area contributed by atoms with Gasteiger partial charge in [0.05, 0.1) is 11.2 Å². The molecule has 1 aromatic carbocycles. The van der Waals surface area contributed by atoms with Crippen LogP contribution in [-0.4, -0.2) is 4.98 Å². The van der Waals surface area contributed by atoms with Gasteiger partial charge in [-0.05, 0) is 31.0 Å². The maximum Gasteiger partial charge on any atom is 0.123 e. The van der Waals surface area contributed by atoms with Gasteiger partial charge in [0, 0.05) is 17.5 Å². The molecule has 2 aromatic rings. The van der Waals surface area contributed by atoms with Crippen molar-refractivity contribution in [1.82, 2.24) is 10.3 Å². The van der Waals surface area contributed by atoms with Gasteiger partial charge >= 0.3 is 0 Å². The van der Waals surface area contributed by atoms with Gasteiger partial charge in [0.2, 0.25) is 0 Å². The summed E-state index contributed by atoms with van der Waals surface area (Å²) >= 11 is 1.65. The first-order valence-electron chi connectivity index (χ1n) is 6.08. The van der Waals surface area contributed by atoms with E-state index in [4.69, 9.17) is 0 Å². The number of aryl methyl sites for hydroxylation is 1. The van der Waals surface area contributed by atoms with Crippen molar-refractivity contribution in [3.63, 3.8) is 0 Å². The molecule has 1 unspecified atom stereocenters. The molecule has 1 aromatic heterocycles. The van der Waals surface area contributed by atoms with Crippen LogP contribution in [0.3, 0.4) is 0 Å². The Bertz CT molecular complexity index is 510. The minimum Gasteiger partial charge on any atom is -0.305 e. The monoisotopic (exact) mass is 264 g/mol. The molecule has 0 aliphatic heterocycles. The SMILES string of the molecule is CCC(NCc1scnc1C)c1cccc(F)c1. The Morgan fingerprint density at radius 1 is 1.44 bits per heavy atom. The number of nitrogens with zero attached hydrogens (tertiary/aromatic N) is 1. The molecule has 0 bridgehead atoms. The summed E-state index contributed by atoms with van der Waals surface area (Å²) in [5.41, 5.74) is 3.93. The van der Waals surface area contributed by atoms with E-state index in [1.165, 1.54) is 10.9 Å². The fourth-order valence-corrected chi connectivity index (χ4v) is 2.66. The van der Waals surface area contributed by atoms with Gasteiger partial charge in [-0.3, -0.25) is 0 Å². The van der Waals surface area contributed by atoms with Gasteiger partial charge in [-0.15, -0.1) is 11.3 Å². The third-order valence-electron chi connectivity index (χ3n) is 3.01. The molecule has 2 rings (SSSR count). The number of halogens is 1. The van der Waals surface area contributed by atoms with Crippen molar-refractivity contribution < 1.29 is 4.39 Å². The maximum absolute atomic E-state index is 13.2. The van der Waals surface area contributed by atoms with Crippen molar-refractivity contribution in [2.24, 2.45) is 0 Å². The van der Waals surface area contributed by atoms with Crippen LogP contribution in [0.25, 0.3) is 0 Å². The minimum atomic E-state index is -0.179. The first-order valence-corrected chi connectivity index (χ1v) is 6.96. The molecule has 0 saturated carbocycles. The molecule has 0 spiro atoms. The van der Waals surface area contributed by atoms with E-state index in [-0.39, 0.29) is 11.9 Å². The van der Waals surface area contributed by atoms with E-state index in [9.17, 15) is 4.39 Å². The van der Waals surface area contributed by atoms with Crippen molar-refractivity contribution in [2.75, 3.05) is 0 Å². The van der Waals surface area contributed by atoms with Crippen LogP contribution in [0.2, 0.25) is 0 Å². The Morgan fingerprint density at radius 3 is 2.89 bits per heavy atom. The van der Waals surface area contributed by atoms with Crippen LogP contribution in [0.4, 0.5) is 4.39 Å². The minimum absolute atomic E-state index is 0.179. The van der Waals surface area contributed by atoms with Gasteiger partial charge in [0.1, 0.15) is 5.82 Å². The molecule has 1 N–H and O–H groups in total. The van der Waals surface area contributed by atoms with Crippen molar-refractivity contribution >= 4 is 11.3 Å². The molecule has 4 heteroatoms. The van der Waals surface area contributed by atoms with Crippen LogP contribution in [-0.2, 0) is 6.54 Å². The average Bonchev–Trinajstić information content (AvgIpc) is 2.76. The molecule has 0 saturated heterocycles. The normalized spacial score (nSPS) is 12.6. The Labute approximate surface area is 111 Å². The van der Waals surface area contributed by atoms with Crippen molar-refractivity contribution in [1.29, 1.82) is 0 Å². The van der Waals surface area contributed by atoms with E-state index in [0.717, 1.165) is 24.2 Å². The fourth-order valence-electron chi connectivity index (χ4n) is 1.93. The van der Waals surface area contributed by atoms with Crippen molar-refractivity contribution in [3.8, 4) is 0 Å². The summed E-state index contributed by atoms with van der Waals surface area (Å²) in [5, 5.41) is 3.46. The smallest absolute Gasteiger partial charge is 0.123 e. The van der Waals surface area contributed by atoms with Crippen molar-refractivity contribution in [2.45, 2.75) is 32.9 Å². The van der Waals surface area contributed by atoms with Crippen LogP contribution in [0, 0.1) is 12.7 Å². The summed E-state index contributed by atoms with van der Waals surface area (Å²) in [6.07, 6.45) is 0.932. The third-order valence-corrected chi connectivity index (χ3v) is 3.95. The number of benzene rings is 1. The largest absolute Gasteiger partial charge is 0.305 e. The third kappa shape index (κ3) is 3.15. The average molecular weight is 264 g/mol. The zero-order valence-corrected chi connectivity index (χ0v) is 11.4. The molecule has 1 heterocycles. The lowest BCUT2D eigenvalue weighted by Gasteiger charge is -2.17. The zero-order valence-electron chi connectivity index (χ0n) is 10.6. The number of hydrogen-bond donors (Lipinski definition) is 1. The van der Waals surface area contributed by atoms with Crippen LogP contribution in [0.1, 0.15) is 35.5 Å². The van der Waals surface area contributed by atoms with E-state index in [1.807, 2.05) is 18.5 Å². The summed E-state index contributed by atoms with van der Waals surface area (Å²) in [6, 6.07) is 6.98. The van der Waals surface area contributed by atoms with E-state index in [0.29, 0.717) is 0 Å². The summed E-state index contributed by atoms with van der Waals surface area (Å²) < 4.78 is 13.2. The van der Waals surface area contributed by atoms with Crippen LogP contribution in [0.5, 0.6) is 0 Å². The predicted molar refractivity (Wildman–Crippen MR) is 73.1 cm³/mol. The van der Waals surface area contributed by atoms with Gasteiger partial charge < -0.3 is 5.32 Å². The van der Waals surface area contributed by atoms with Crippen molar-refractivity contribution in [3.05, 3.63) is 51.7 Å². The highest BCUT2D eigenvalue weighted by atomic mass is 32.1. The molecule has 2 nitrogen and oxygen atoms in total. The van der Waals surface area contributed by atoms with E-state index >= 15 is 0 Å². The summed E-state index contributed by atoms with van der Waals surface area (Å²) in [4.78, 5) is 5.47. The first-order chi connectivity index (χ1) is 8.70. The quantitative estimate of drug-likeness (QED) is 0.887. The standard InChI is InChI=1S/C14H17FN2S/c1-3-13(11-5-4-6-12(15)7-11)16-8-14-10(2)17-9-18-14/h4-7,9,13,16H,3,8H2,1-2H3. The number of aromatic nitrogens is 1. The molecule has 18 heavy (non-hydrogen) atoms. The van der Waals surface area contributed by atoms with Crippen LogP contribution in [0.15, 0.2) is 29.8 Å². The second-order valence-electron chi connectivity index (χ2n) is 4.26. The molecule has 1 atom stereocenters. The topological polar surface area (TPSA) is 24.9 Å². The summed E-state index contributed by atoms with van der Waals surface area (Å²) in [5.74, 6) is -0.179. The predicted octanol–water partition coefficient (Wildman–Crippen LogP) is 3.83. The number of rotatable bonds is 5. The zero-order chi connectivity index (χ0) is 13.0. The lowest BCUT2D eigenvalue weighted by molar-refractivity contribution is 0.516. The molecule has 0 radical (unpaired) electrons. The Morgan fingerprint density at radius 2 is 2.28 bits per heavy atom. The molecular weight excluding hydrogens is 247 g/mol. The van der Waals surface area contributed by atoms with Gasteiger partial charge in [0.15, 0.2) is 0 Å². The second-order valence-corrected chi connectivity index (χ2v) is 5.20. The number of hydrogen-bond acceptors (Lipinski definition) is 3. The van der Waals surface area contributed by atoms with Gasteiger partial charge in [0.25, 0.3) is 0 Å².